The molecular weight excluding hydrogens is 258 g/mol. The van der Waals surface area contributed by atoms with Gasteiger partial charge in [0.15, 0.2) is 0 Å². The lowest BCUT2D eigenvalue weighted by atomic mass is 10.1. The fourth-order valence-electron chi connectivity index (χ4n) is 1.77. The first-order valence-electron chi connectivity index (χ1n) is 5.96. The van der Waals surface area contributed by atoms with Crippen LogP contribution in [-0.4, -0.2) is 22.1 Å². The Morgan fingerprint density at radius 2 is 1.75 bits per heavy atom. The number of aromatic hydroxyl groups is 1. The number of anilines is 1. The number of rotatable bonds is 4. The van der Waals surface area contributed by atoms with Gasteiger partial charge in [-0.15, -0.1) is 0 Å². The zero-order valence-corrected chi connectivity index (χ0v) is 10.5. The first-order chi connectivity index (χ1) is 9.56. The molecule has 0 aliphatic rings. The summed E-state index contributed by atoms with van der Waals surface area (Å²) in [5, 5.41) is 20.9. The van der Waals surface area contributed by atoms with Crippen molar-refractivity contribution in [1.82, 2.24) is 0 Å². The van der Waals surface area contributed by atoms with Crippen molar-refractivity contribution < 1.29 is 19.8 Å². The Labute approximate surface area is 115 Å². The Hall–Kier alpha value is -2.82. The van der Waals surface area contributed by atoms with E-state index in [9.17, 15) is 14.7 Å². The number of aromatic carboxylic acids is 1. The number of carbonyl (C=O) groups is 2. The Morgan fingerprint density at radius 3 is 2.40 bits per heavy atom. The Bertz CT molecular complexity index is 638. The van der Waals surface area contributed by atoms with Crippen LogP contribution >= 0.6 is 0 Å². The number of carbonyl (C=O) groups excluding carboxylic acids is 1. The quantitative estimate of drug-likeness (QED) is 0.744. The van der Waals surface area contributed by atoms with Crippen LogP contribution in [0.1, 0.15) is 15.9 Å². The van der Waals surface area contributed by atoms with E-state index in [-0.39, 0.29) is 23.6 Å². The van der Waals surface area contributed by atoms with Gasteiger partial charge in [-0.1, -0.05) is 30.3 Å². The van der Waals surface area contributed by atoms with Crippen molar-refractivity contribution in [3.8, 4) is 5.75 Å². The average Bonchev–Trinajstić information content (AvgIpc) is 2.41. The first-order valence-corrected chi connectivity index (χ1v) is 5.96. The molecule has 0 spiro atoms. The van der Waals surface area contributed by atoms with Crippen LogP contribution in [0.25, 0.3) is 0 Å². The maximum absolute atomic E-state index is 11.8. The van der Waals surface area contributed by atoms with Crippen molar-refractivity contribution in [1.29, 1.82) is 0 Å². The lowest BCUT2D eigenvalue weighted by Gasteiger charge is -2.07. The summed E-state index contributed by atoms with van der Waals surface area (Å²) in [7, 11) is 0. The number of phenols is 1. The van der Waals surface area contributed by atoms with Gasteiger partial charge >= 0.3 is 5.97 Å². The lowest BCUT2D eigenvalue weighted by molar-refractivity contribution is -0.115. The van der Waals surface area contributed by atoms with Gasteiger partial charge in [-0.25, -0.2) is 4.79 Å². The third-order valence-electron chi connectivity index (χ3n) is 2.72. The third kappa shape index (κ3) is 3.35. The van der Waals surface area contributed by atoms with Crippen LogP contribution in [0.15, 0.2) is 48.5 Å². The molecule has 0 radical (unpaired) electrons. The maximum Gasteiger partial charge on any atom is 0.339 e. The van der Waals surface area contributed by atoms with E-state index in [0.717, 1.165) is 5.56 Å². The molecule has 0 saturated heterocycles. The van der Waals surface area contributed by atoms with Gasteiger partial charge in [-0.05, 0) is 23.8 Å². The summed E-state index contributed by atoms with van der Waals surface area (Å²) >= 11 is 0. The summed E-state index contributed by atoms with van der Waals surface area (Å²) in [5.74, 6) is -1.83. The summed E-state index contributed by atoms with van der Waals surface area (Å²) in [6, 6.07) is 13.1. The molecule has 2 aromatic carbocycles. The van der Waals surface area contributed by atoms with Gasteiger partial charge in [0.1, 0.15) is 11.3 Å². The fraction of sp³-hybridized carbons (Fsp3) is 0.0667. The monoisotopic (exact) mass is 271 g/mol. The van der Waals surface area contributed by atoms with Crippen LogP contribution in [0.2, 0.25) is 0 Å². The number of carboxylic acids is 1. The highest BCUT2D eigenvalue weighted by molar-refractivity contribution is 5.96. The summed E-state index contributed by atoms with van der Waals surface area (Å²) in [5.41, 5.74) is 0.950. The number of hydrogen-bond acceptors (Lipinski definition) is 3. The van der Waals surface area contributed by atoms with E-state index in [1.165, 1.54) is 18.2 Å². The zero-order valence-electron chi connectivity index (χ0n) is 10.5. The second-order valence-electron chi connectivity index (χ2n) is 4.25. The van der Waals surface area contributed by atoms with E-state index in [4.69, 9.17) is 5.11 Å². The van der Waals surface area contributed by atoms with Crippen LogP contribution in [0, 0.1) is 0 Å². The number of amides is 1. The third-order valence-corrected chi connectivity index (χ3v) is 2.72. The Kier molecular flexibility index (Phi) is 4.00. The lowest BCUT2D eigenvalue weighted by Crippen LogP contribution is -2.14. The molecule has 1 amide bonds. The standard InChI is InChI=1S/C15H13NO4/c17-13-7-6-11(9-12(13)15(19)20)16-14(18)8-10-4-2-1-3-5-10/h1-7,9,17H,8H2,(H,16,18)(H,19,20). The highest BCUT2D eigenvalue weighted by atomic mass is 16.4. The minimum absolute atomic E-state index is 0.199. The normalized spacial score (nSPS) is 10.0. The molecular formula is C15H13NO4. The molecule has 102 valence electrons. The molecule has 0 aliphatic heterocycles. The first kappa shape index (κ1) is 13.6. The molecule has 0 heterocycles. The van der Waals surface area contributed by atoms with Gasteiger partial charge < -0.3 is 15.5 Å². The highest BCUT2D eigenvalue weighted by Gasteiger charge is 2.11. The summed E-state index contributed by atoms with van der Waals surface area (Å²) in [4.78, 5) is 22.7. The van der Waals surface area contributed by atoms with Gasteiger partial charge in [0, 0.05) is 5.69 Å². The van der Waals surface area contributed by atoms with Crippen molar-refractivity contribution in [2.45, 2.75) is 6.42 Å². The second kappa shape index (κ2) is 5.88. The van der Waals surface area contributed by atoms with Gasteiger partial charge in [0.05, 0.1) is 6.42 Å². The smallest absolute Gasteiger partial charge is 0.339 e. The highest BCUT2D eigenvalue weighted by Crippen LogP contribution is 2.21. The van der Waals surface area contributed by atoms with E-state index < -0.39 is 5.97 Å². The molecule has 0 fully saturated rings. The molecule has 2 rings (SSSR count). The predicted octanol–water partition coefficient (Wildman–Crippen LogP) is 2.27. The van der Waals surface area contributed by atoms with Crippen LogP contribution < -0.4 is 5.32 Å². The molecule has 0 atom stereocenters. The van der Waals surface area contributed by atoms with E-state index >= 15 is 0 Å². The van der Waals surface area contributed by atoms with Crippen LogP contribution in [-0.2, 0) is 11.2 Å². The molecule has 0 bridgehead atoms. The predicted molar refractivity (Wildman–Crippen MR) is 73.8 cm³/mol. The molecule has 5 nitrogen and oxygen atoms in total. The summed E-state index contributed by atoms with van der Waals surface area (Å²) in [6.45, 7) is 0. The Morgan fingerprint density at radius 1 is 1.05 bits per heavy atom. The molecule has 0 aromatic heterocycles. The fourth-order valence-corrected chi connectivity index (χ4v) is 1.77. The molecule has 0 aliphatic carbocycles. The molecule has 0 saturated carbocycles. The zero-order chi connectivity index (χ0) is 14.5. The minimum Gasteiger partial charge on any atom is -0.507 e. The second-order valence-corrected chi connectivity index (χ2v) is 4.25. The SMILES string of the molecule is O=C(Cc1ccccc1)Nc1ccc(O)c(C(=O)O)c1. The summed E-state index contributed by atoms with van der Waals surface area (Å²) in [6.07, 6.45) is 0.199. The van der Waals surface area contributed by atoms with Gasteiger partial charge in [0.2, 0.25) is 5.91 Å². The van der Waals surface area contributed by atoms with Crippen LogP contribution in [0.5, 0.6) is 5.75 Å². The molecule has 5 heteroatoms. The number of carboxylic acid groups (broad SMARTS) is 1. The van der Waals surface area contributed by atoms with Crippen molar-refractivity contribution >= 4 is 17.6 Å². The minimum atomic E-state index is -1.25. The molecule has 3 N–H and O–H groups in total. The van der Waals surface area contributed by atoms with E-state index in [1.807, 2.05) is 30.3 Å². The topological polar surface area (TPSA) is 86.6 Å². The molecule has 2 aromatic rings. The Balaban J connectivity index is 2.08. The summed E-state index contributed by atoms with van der Waals surface area (Å²) < 4.78 is 0. The molecule has 0 unspecified atom stereocenters. The largest absolute Gasteiger partial charge is 0.507 e. The van der Waals surface area contributed by atoms with Gasteiger partial charge in [-0.2, -0.15) is 0 Å². The van der Waals surface area contributed by atoms with Gasteiger partial charge in [-0.3, -0.25) is 4.79 Å². The van der Waals surface area contributed by atoms with E-state index in [2.05, 4.69) is 5.32 Å². The van der Waals surface area contributed by atoms with Crippen molar-refractivity contribution in [2.75, 3.05) is 5.32 Å². The average molecular weight is 271 g/mol. The van der Waals surface area contributed by atoms with Crippen LogP contribution in [0.4, 0.5) is 5.69 Å². The molecule has 20 heavy (non-hydrogen) atoms. The van der Waals surface area contributed by atoms with Crippen molar-refractivity contribution in [3.63, 3.8) is 0 Å². The van der Waals surface area contributed by atoms with E-state index in [1.54, 1.807) is 0 Å². The number of benzene rings is 2. The van der Waals surface area contributed by atoms with E-state index in [0.29, 0.717) is 5.69 Å². The van der Waals surface area contributed by atoms with Crippen molar-refractivity contribution in [2.24, 2.45) is 0 Å². The van der Waals surface area contributed by atoms with Crippen LogP contribution in [0.3, 0.4) is 0 Å². The van der Waals surface area contributed by atoms with Gasteiger partial charge in [0.25, 0.3) is 0 Å². The van der Waals surface area contributed by atoms with Crippen molar-refractivity contribution in [3.05, 3.63) is 59.7 Å². The number of hydrogen-bond donors (Lipinski definition) is 3. The maximum atomic E-state index is 11.8. The number of nitrogens with one attached hydrogen (secondary N) is 1.